The number of thiophene rings is 1. The molecule has 156 valence electrons. The van der Waals surface area contributed by atoms with E-state index in [0.29, 0.717) is 17.4 Å². The molecule has 0 unspecified atom stereocenters. The van der Waals surface area contributed by atoms with Crippen LogP contribution in [0.25, 0.3) is 0 Å². The molecule has 9 heteroatoms. The van der Waals surface area contributed by atoms with Crippen LogP contribution in [-0.4, -0.2) is 38.8 Å². The SMILES string of the molecule is CN=C(NCc1ccc(S(=O)(=O)N(C)C(C)C)cc1)NCc1sccc1C.I. The summed E-state index contributed by atoms with van der Waals surface area (Å²) in [7, 11) is -0.123. The van der Waals surface area contributed by atoms with E-state index in [-0.39, 0.29) is 30.0 Å². The Kier molecular flexibility index (Phi) is 9.88. The van der Waals surface area contributed by atoms with E-state index in [1.165, 1.54) is 14.7 Å². The van der Waals surface area contributed by atoms with Crippen molar-refractivity contribution in [1.29, 1.82) is 0 Å². The second kappa shape index (κ2) is 11.1. The summed E-state index contributed by atoms with van der Waals surface area (Å²) in [4.78, 5) is 5.81. The van der Waals surface area contributed by atoms with Crippen molar-refractivity contribution in [3.63, 3.8) is 0 Å². The van der Waals surface area contributed by atoms with Crippen molar-refractivity contribution in [3.05, 3.63) is 51.7 Å². The number of rotatable bonds is 7. The summed E-state index contributed by atoms with van der Waals surface area (Å²) in [5.74, 6) is 0.707. The van der Waals surface area contributed by atoms with E-state index < -0.39 is 10.0 Å². The molecule has 0 saturated carbocycles. The molecule has 0 bridgehead atoms. The van der Waals surface area contributed by atoms with Gasteiger partial charge in [-0.1, -0.05) is 12.1 Å². The lowest BCUT2D eigenvalue weighted by molar-refractivity contribution is 0.410. The fraction of sp³-hybridized carbons (Fsp3) is 0.421. The van der Waals surface area contributed by atoms with Crippen LogP contribution in [0.1, 0.15) is 29.9 Å². The average molecular weight is 537 g/mol. The van der Waals surface area contributed by atoms with Crippen LogP contribution < -0.4 is 10.6 Å². The van der Waals surface area contributed by atoms with Gasteiger partial charge < -0.3 is 10.6 Å². The van der Waals surface area contributed by atoms with Crippen LogP contribution in [0.15, 0.2) is 45.6 Å². The van der Waals surface area contributed by atoms with Gasteiger partial charge in [0.25, 0.3) is 0 Å². The zero-order chi connectivity index (χ0) is 20.0. The molecule has 0 radical (unpaired) electrons. The molecule has 0 aliphatic carbocycles. The Morgan fingerprint density at radius 3 is 2.25 bits per heavy atom. The number of nitrogens with one attached hydrogen (secondary N) is 2. The maximum absolute atomic E-state index is 12.5. The van der Waals surface area contributed by atoms with Gasteiger partial charge in [0.15, 0.2) is 5.96 Å². The highest BCUT2D eigenvalue weighted by molar-refractivity contribution is 14.0. The molecule has 1 aromatic carbocycles. The quantitative estimate of drug-likeness (QED) is 0.323. The van der Waals surface area contributed by atoms with Gasteiger partial charge in [-0.15, -0.1) is 35.3 Å². The Morgan fingerprint density at radius 2 is 1.75 bits per heavy atom. The first-order chi connectivity index (χ1) is 12.8. The summed E-state index contributed by atoms with van der Waals surface area (Å²) >= 11 is 1.72. The van der Waals surface area contributed by atoms with E-state index in [9.17, 15) is 8.42 Å². The predicted molar refractivity (Wildman–Crippen MR) is 128 cm³/mol. The standard InChI is InChI=1S/C19H28N4O2S2.HI/c1-14(2)23(5)27(24,25)17-8-6-16(7-9-17)12-21-19(20-4)22-13-18-15(3)10-11-26-18;/h6-11,14H,12-13H2,1-5H3,(H2,20,21,22);1H. The maximum Gasteiger partial charge on any atom is 0.243 e. The molecule has 0 amide bonds. The largest absolute Gasteiger partial charge is 0.352 e. The van der Waals surface area contributed by atoms with Crippen LogP contribution in [0.4, 0.5) is 0 Å². The highest BCUT2D eigenvalue weighted by Crippen LogP contribution is 2.17. The van der Waals surface area contributed by atoms with Gasteiger partial charge in [0.2, 0.25) is 10.0 Å². The molecule has 0 spiro atoms. The molecular formula is C19H29IN4O2S2. The molecule has 1 heterocycles. The number of aliphatic imine (C=N–C) groups is 1. The normalized spacial score (nSPS) is 12.2. The van der Waals surface area contributed by atoms with E-state index in [2.05, 4.69) is 34.0 Å². The third-order valence-electron chi connectivity index (χ3n) is 4.40. The van der Waals surface area contributed by atoms with Gasteiger partial charge in [0, 0.05) is 31.6 Å². The summed E-state index contributed by atoms with van der Waals surface area (Å²) in [5.41, 5.74) is 2.25. The van der Waals surface area contributed by atoms with E-state index >= 15 is 0 Å². The molecule has 6 nitrogen and oxygen atoms in total. The van der Waals surface area contributed by atoms with Crippen LogP contribution in [0.2, 0.25) is 0 Å². The highest BCUT2D eigenvalue weighted by Gasteiger charge is 2.22. The number of benzene rings is 1. The Labute approximate surface area is 189 Å². The van der Waals surface area contributed by atoms with Gasteiger partial charge in [-0.3, -0.25) is 4.99 Å². The number of sulfonamides is 1. The molecule has 2 rings (SSSR count). The molecule has 0 aliphatic rings. The lowest BCUT2D eigenvalue weighted by Gasteiger charge is -2.21. The van der Waals surface area contributed by atoms with Crippen molar-refractivity contribution >= 4 is 51.3 Å². The van der Waals surface area contributed by atoms with Gasteiger partial charge in [-0.25, -0.2) is 8.42 Å². The number of aryl methyl sites for hydroxylation is 1. The summed E-state index contributed by atoms with van der Waals surface area (Å²) in [6.07, 6.45) is 0. The summed E-state index contributed by atoms with van der Waals surface area (Å²) in [6, 6.07) is 8.96. The van der Waals surface area contributed by atoms with Crippen molar-refractivity contribution in [2.45, 2.75) is 44.8 Å². The van der Waals surface area contributed by atoms with E-state index in [4.69, 9.17) is 0 Å². The number of halogens is 1. The van der Waals surface area contributed by atoms with Gasteiger partial charge in [-0.05, 0) is 55.5 Å². The minimum atomic E-state index is -3.45. The van der Waals surface area contributed by atoms with Gasteiger partial charge >= 0.3 is 0 Å². The molecule has 2 N–H and O–H groups in total. The fourth-order valence-corrected chi connectivity index (χ4v) is 4.59. The molecule has 0 aliphatic heterocycles. The van der Waals surface area contributed by atoms with Gasteiger partial charge in [0.1, 0.15) is 0 Å². The summed E-state index contributed by atoms with van der Waals surface area (Å²) in [6.45, 7) is 7.08. The summed E-state index contributed by atoms with van der Waals surface area (Å²) < 4.78 is 26.4. The number of hydrogen-bond acceptors (Lipinski definition) is 4. The highest BCUT2D eigenvalue weighted by atomic mass is 127. The Balaban J connectivity index is 0.00000392. The molecule has 1 aromatic heterocycles. The van der Waals surface area contributed by atoms with Crippen LogP contribution >= 0.6 is 35.3 Å². The second-order valence-corrected chi connectivity index (χ2v) is 9.56. The molecule has 0 atom stereocenters. The van der Waals surface area contributed by atoms with Gasteiger partial charge in [-0.2, -0.15) is 4.31 Å². The minimum Gasteiger partial charge on any atom is -0.352 e. The summed E-state index contributed by atoms with van der Waals surface area (Å²) in [5, 5.41) is 8.62. The van der Waals surface area contributed by atoms with Crippen molar-refractivity contribution in [2.75, 3.05) is 14.1 Å². The predicted octanol–water partition coefficient (Wildman–Crippen LogP) is 3.57. The van der Waals surface area contributed by atoms with E-state index in [0.717, 1.165) is 12.1 Å². The molecule has 0 saturated heterocycles. The lowest BCUT2D eigenvalue weighted by Crippen LogP contribution is -2.36. The van der Waals surface area contributed by atoms with Crippen LogP contribution in [0.5, 0.6) is 0 Å². The second-order valence-electron chi connectivity index (χ2n) is 6.57. The third kappa shape index (κ3) is 6.43. The third-order valence-corrected chi connectivity index (χ3v) is 7.47. The average Bonchev–Trinajstić information content (AvgIpc) is 3.06. The van der Waals surface area contributed by atoms with E-state index in [1.807, 2.05) is 26.0 Å². The lowest BCUT2D eigenvalue weighted by atomic mass is 10.2. The van der Waals surface area contributed by atoms with Crippen LogP contribution in [-0.2, 0) is 23.1 Å². The smallest absolute Gasteiger partial charge is 0.243 e. The number of guanidine groups is 1. The molecule has 28 heavy (non-hydrogen) atoms. The molecule has 0 fully saturated rings. The van der Waals surface area contributed by atoms with Crippen molar-refractivity contribution in [1.82, 2.24) is 14.9 Å². The van der Waals surface area contributed by atoms with Crippen molar-refractivity contribution < 1.29 is 8.42 Å². The first-order valence-electron chi connectivity index (χ1n) is 8.80. The van der Waals surface area contributed by atoms with Crippen molar-refractivity contribution in [2.24, 2.45) is 4.99 Å². The van der Waals surface area contributed by atoms with Crippen LogP contribution in [0.3, 0.4) is 0 Å². The monoisotopic (exact) mass is 536 g/mol. The Morgan fingerprint density at radius 1 is 1.14 bits per heavy atom. The van der Waals surface area contributed by atoms with Crippen LogP contribution in [0, 0.1) is 6.92 Å². The Hall–Kier alpha value is -1.17. The first kappa shape index (κ1) is 24.9. The van der Waals surface area contributed by atoms with E-state index in [1.54, 1.807) is 37.6 Å². The first-order valence-corrected chi connectivity index (χ1v) is 11.1. The van der Waals surface area contributed by atoms with Crippen molar-refractivity contribution in [3.8, 4) is 0 Å². The Bertz CT molecular complexity index is 878. The topological polar surface area (TPSA) is 73.8 Å². The number of nitrogens with zero attached hydrogens (tertiary/aromatic N) is 2. The molecular weight excluding hydrogens is 507 g/mol. The molecule has 2 aromatic rings. The fourth-order valence-electron chi connectivity index (χ4n) is 2.38. The zero-order valence-electron chi connectivity index (χ0n) is 16.9. The van der Waals surface area contributed by atoms with Gasteiger partial charge in [0.05, 0.1) is 11.4 Å². The minimum absolute atomic E-state index is 0. The zero-order valence-corrected chi connectivity index (χ0v) is 20.9. The maximum atomic E-state index is 12.5. The number of hydrogen-bond donors (Lipinski definition) is 2.